The Morgan fingerprint density at radius 1 is 1.45 bits per heavy atom. The number of esters is 1. The van der Waals surface area contributed by atoms with Crippen molar-refractivity contribution in [2.75, 3.05) is 14.2 Å². The molecule has 1 aromatic heterocycles. The van der Waals surface area contributed by atoms with Gasteiger partial charge in [-0.2, -0.15) is 0 Å². The van der Waals surface area contributed by atoms with Crippen LogP contribution in [-0.4, -0.2) is 42.4 Å². The number of imide groups is 1. The zero-order chi connectivity index (χ0) is 16.1. The molecule has 4 atom stereocenters. The van der Waals surface area contributed by atoms with Crippen molar-refractivity contribution in [3.05, 3.63) is 24.2 Å². The van der Waals surface area contributed by atoms with Gasteiger partial charge in [0.25, 0.3) is 0 Å². The van der Waals surface area contributed by atoms with E-state index in [1.807, 2.05) is 0 Å². The van der Waals surface area contributed by atoms with Gasteiger partial charge in [0, 0.05) is 7.05 Å². The monoisotopic (exact) mass is 306 g/mol. The first-order valence-electron chi connectivity index (χ1n) is 7.19. The van der Waals surface area contributed by atoms with Crippen molar-refractivity contribution < 1.29 is 23.5 Å². The second-order valence-electron chi connectivity index (χ2n) is 5.69. The largest absolute Gasteiger partial charge is 0.468 e. The van der Waals surface area contributed by atoms with E-state index in [0.717, 1.165) is 4.90 Å². The van der Waals surface area contributed by atoms with Gasteiger partial charge in [0.2, 0.25) is 11.8 Å². The predicted molar refractivity (Wildman–Crippen MR) is 74.4 cm³/mol. The number of carbonyl (C=O) groups excluding carboxylic acids is 3. The van der Waals surface area contributed by atoms with E-state index in [-0.39, 0.29) is 11.8 Å². The summed E-state index contributed by atoms with van der Waals surface area (Å²) in [7, 11) is 2.72. The fourth-order valence-corrected chi connectivity index (χ4v) is 3.70. The van der Waals surface area contributed by atoms with Gasteiger partial charge in [0.1, 0.15) is 11.3 Å². The summed E-state index contributed by atoms with van der Waals surface area (Å²) in [5, 5.41) is 3.15. The van der Waals surface area contributed by atoms with Crippen molar-refractivity contribution >= 4 is 17.8 Å². The van der Waals surface area contributed by atoms with Crippen molar-refractivity contribution in [1.29, 1.82) is 0 Å². The van der Waals surface area contributed by atoms with Gasteiger partial charge in [-0.15, -0.1) is 0 Å². The Morgan fingerprint density at radius 3 is 2.73 bits per heavy atom. The molecule has 0 aliphatic carbocycles. The highest BCUT2D eigenvalue weighted by atomic mass is 16.5. The average Bonchev–Trinajstić information content (AvgIpc) is 3.21. The van der Waals surface area contributed by atoms with Crippen LogP contribution in [0.15, 0.2) is 22.8 Å². The van der Waals surface area contributed by atoms with E-state index >= 15 is 0 Å². The number of nitrogens with zero attached hydrogens (tertiary/aromatic N) is 1. The number of nitrogens with one attached hydrogen (secondary N) is 1. The standard InChI is InChI=1S/C15H18N2O5/c1-4-15(14(20)21-3)10-9(12(18)17(2)13(10)19)11(16-15)8-6-5-7-22-8/h5-7,9-11,16H,4H2,1-3H3/t9-,10+,11-,15+/m1/s1. The van der Waals surface area contributed by atoms with Crippen molar-refractivity contribution in [3.63, 3.8) is 0 Å². The van der Waals surface area contributed by atoms with Crippen molar-refractivity contribution in [2.24, 2.45) is 11.8 Å². The number of carbonyl (C=O) groups is 3. The first kappa shape index (κ1) is 14.8. The van der Waals surface area contributed by atoms with Crippen LogP contribution in [0.4, 0.5) is 0 Å². The van der Waals surface area contributed by atoms with E-state index in [9.17, 15) is 14.4 Å². The molecule has 2 fully saturated rings. The molecule has 3 rings (SSSR count). The van der Waals surface area contributed by atoms with E-state index in [2.05, 4.69) is 5.32 Å². The van der Waals surface area contributed by atoms with Crippen molar-refractivity contribution in [3.8, 4) is 0 Å². The van der Waals surface area contributed by atoms with Crippen LogP contribution in [0.25, 0.3) is 0 Å². The molecule has 0 unspecified atom stereocenters. The second kappa shape index (κ2) is 4.95. The zero-order valence-corrected chi connectivity index (χ0v) is 12.7. The molecule has 1 N–H and O–H groups in total. The lowest BCUT2D eigenvalue weighted by Crippen LogP contribution is -2.55. The van der Waals surface area contributed by atoms with E-state index in [0.29, 0.717) is 12.2 Å². The Labute approximate surface area is 127 Å². The Kier molecular flexibility index (Phi) is 3.32. The van der Waals surface area contributed by atoms with Gasteiger partial charge in [0.15, 0.2) is 0 Å². The molecule has 2 aliphatic heterocycles. The van der Waals surface area contributed by atoms with Crippen LogP contribution >= 0.6 is 0 Å². The predicted octanol–water partition coefficient (Wildman–Crippen LogP) is 0.477. The van der Waals surface area contributed by atoms with Gasteiger partial charge in [-0.25, -0.2) is 0 Å². The smallest absolute Gasteiger partial charge is 0.326 e. The van der Waals surface area contributed by atoms with E-state index in [1.54, 1.807) is 19.1 Å². The Hall–Kier alpha value is -2.15. The third kappa shape index (κ3) is 1.68. The molecule has 2 saturated heterocycles. The summed E-state index contributed by atoms with van der Waals surface area (Å²) in [6.45, 7) is 1.79. The topological polar surface area (TPSA) is 88.8 Å². The first-order chi connectivity index (χ1) is 10.5. The maximum absolute atomic E-state index is 12.5. The van der Waals surface area contributed by atoms with E-state index in [4.69, 9.17) is 9.15 Å². The van der Waals surface area contributed by atoms with Gasteiger partial charge in [-0.05, 0) is 18.6 Å². The molecular formula is C15H18N2O5. The van der Waals surface area contributed by atoms with Crippen LogP contribution in [0.2, 0.25) is 0 Å². The molecule has 7 nitrogen and oxygen atoms in total. The summed E-state index contributed by atoms with van der Waals surface area (Å²) in [5.74, 6) is -2.10. The van der Waals surface area contributed by atoms with Crippen LogP contribution in [0, 0.1) is 11.8 Å². The van der Waals surface area contributed by atoms with Crippen LogP contribution in [0.3, 0.4) is 0 Å². The fraction of sp³-hybridized carbons (Fsp3) is 0.533. The van der Waals surface area contributed by atoms with Gasteiger partial charge in [0.05, 0.1) is 31.3 Å². The summed E-state index contributed by atoms with van der Waals surface area (Å²) in [6, 6.07) is 2.91. The highest BCUT2D eigenvalue weighted by Gasteiger charge is 2.68. The first-order valence-corrected chi connectivity index (χ1v) is 7.19. The second-order valence-corrected chi connectivity index (χ2v) is 5.69. The molecule has 1 aromatic rings. The molecule has 22 heavy (non-hydrogen) atoms. The SMILES string of the molecule is CC[C@]1(C(=O)OC)N[C@H](c2ccco2)[C@@H]2C(=O)N(C)C(=O)[C@H]21. The molecule has 7 heteroatoms. The summed E-state index contributed by atoms with van der Waals surface area (Å²) in [5.41, 5.74) is -1.21. The third-order valence-electron chi connectivity index (χ3n) is 4.83. The number of methoxy groups -OCH3 is 1. The molecule has 0 radical (unpaired) electrons. The number of amides is 2. The summed E-state index contributed by atoms with van der Waals surface area (Å²) < 4.78 is 10.3. The summed E-state index contributed by atoms with van der Waals surface area (Å²) in [6.07, 6.45) is 1.84. The summed E-state index contributed by atoms with van der Waals surface area (Å²) >= 11 is 0. The Balaban J connectivity index is 2.13. The number of hydrogen-bond donors (Lipinski definition) is 1. The maximum Gasteiger partial charge on any atom is 0.326 e. The zero-order valence-electron chi connectivity index (χ0n) is 12.7. The lowest BCUT2D eigenvalue weighted by molar-refractivity contribution is -0.154. The van der Waals surface area contributed by atoms with E-state index < -0.39 is 29.4 Å². The fourth-order valence-electron chi connectivity index (χ4n) is 3.70. The van der Waals surface area contributed by atoms with Gasteiger partial charge in [-0.3, -0.25) is 24.6 Å². The number of furan rings is 1. The molecule has 0 saturated carbocycles. The lowest BCUT2D eigenvalue weighted by atomic mass is 9.78. The molecule has 118 valence electrons. The van der Waals surface area contributed by atoms with Crippen LogP contribution in [0.5, 0.6) is 0 Å². The average molecular weight is 306 g/mol. The molecule has 2 aliphatic rings. The van der Waals surface area contributed by atoms with Gasteiger partial charge < -0.3 is 9.15 Å². The third-order valence-corrected chi connectivity index (χ3v) is 4.83. The minimum Gasteiger partial charge on any atom is -0.468 e. The minimum absolute atomic E-state index is 0.303. The van der Waals surface area contributed by atoms with Crippen LogP contribution in [0.1, 0.15) is 25.1 Å². The number of ether oxygens (including phenoxy) is 1. The highest BCUT2D eigenvalue weighted by molar-refractivity contribution is 6.09. The van der Waals surface area contributed by atoms with E-state index in [1.165, 1.54) is 20.4 Å². The Bertz CT molecular complexity index is 626. The number of rotatable bonds is 3. The van der Waals surface area contributed by atoms with Crippen LogP contribution in [-0.2, 0) is 19.1 Å². The molecular weight excluding hydrogens is 288 g/mol. The summed E-state index contributed by atoms with van der Waals surface area (Å²) in [4.78, 5) is 38.5. The van der Waals surface area contributed by atoms with Gasteiger partial charge >= 0.3 is 5.97 Å². The molecule has 3 heterocycles. The lowest BCUT2D eigenvalue weighted by Gasteiger charge is -2.30. The molecule has 0 bridgehead atoms. The van der Waals surface area contributed by atoms with Crippen molar-refractivity contribution in [1.82, 2.24) is 10.2 Å². The normalized spacial score (nSPS) is 34.1. The molecule has 0 aromatic carbocycles. The number of likely N-dealkylation sites (tertiary alicyclic amines) is 1. The number of hydrogen-bond acceptors (Lipinski definition) is 6. The quantitative estimate of drug-likeness (QED) is 0.645. The Morgan fingerprint density at radius 2 is 2.18 bits per heavy atom. The van der Waals surface area contributed by atoms with Crippen molar-refractivity contribution in [2.45, 2.75) is 24.9 Å². The molecule has 0 spiro atoms. The van der Waals surface area contributed by atoms with Crippen LogP contribution < -0.4 is 5.32 Å². The van der Waals surface area contributed by atoms with Gasteiger partial charge in [-0.1, -0.05) is 6.92 Å². The number of fused-ring (bicyclic) bond motifs is 1. The maximum atomic E-state index is 12.5. The highest BCUT2D eigenvalue weighted by Crippen LogP contribution is 2.49. The molecule has 2 amide bonds. The minimum atomic E-state index is -1.21.